The van der Waals surface area contributed by atoms with Crippen molar-refractivity contribution >= 4 is 11.8 Å². The van der Waals surface area contributed by atoms with E-state index in [-0.39, 0.29) is 24.5 Å². The molecule has 0 aliphatic heterocycles. The summed E-state index contributed by atoms with van der Waals surface area (Å²) in [5, 5.41) is 19.2. The average Bonchev–Trinajstić information content (AvgIpc) is 2.94. The zero-order chi connectivity index (χ0) is 21.2. The van der Waals surface area contributed by atoms with Crippen molar-refractivity contribution in [3.8, 4) is 0 Å². The van der Waals surface area contributed by atoms with Crippen LogP contribution in [-0.2, 0) is 9.59 Å². The Morgan fingerprint density at radius 2 is 1.96 bits per heavy atom. The third-order valence-corrected chi connectivity index (χ3v) is 6.43. The number of rotatable bonds is 14. The number of carbonyl (C=O) groups is 2. The third kappa shape index (κ3) is 6.88. The lowest BCUT2D eigenvalue weighted by Gasteiger charge is -2.28. The highest BCUT2D eigenvalue weighted by Crippen LogP contribution is 2.41. The fourth-order valence-electron chi connectivity index (χ4n) is 3.97. The highest BCUT2D eigenvalue weighted by molar-refractivity contribution is 5.97. The fourth-order valence-corrected chi connectivity index (χ4v) is 3.97. The van der Waals surface area contributed by atoms with Gasteiger partial charge in [0.15, 0.2) is 11.4 Å². The molecule has 0 fully saturated rings. The maximum atomic E-state index is 12.5. The minimum absolute atomic E-state index is 0.139. The molecule has 0 bridgehead atoms. The van der Waals surface area contributed by atoms with Crippen molar-refractivity contribution in [3.05, 3.63) is 24.3 Å². The van der Waals surface area contributed by atoms with E-state index in [0.717, 1.165) is 19.3 Å². The number of unbranched alkanes of at least 4 members (excludes halogenated alkanes) is 4. The van der Waals surface area contributed by atoms with Crippen LogP contribution in [0.15, 0.2) is 24.3 Å². The van der Waals surface area contributed by atoms with E-state index in [9.17, 15) is 14.7 Å². The average molecular weight is 393 g/mol. The molecule has 4 atom stereocenters. The summed E-state index contributed by atoms with van der Waals surface area (Å²) in [7, 11) is 0. The van der Waals surface area contributed by atoms with Crippen LogP contribution in [0.4, 0.5) is 0 Å². The van der Waals surface area contributed by atoms with Gasteiger partial charge in [-0.05, 0) is 44.1 Å². The minimum atomic E-state index is -1.62. The van der Waals surface area contributed by atoms with Crippen LogP contribution in [0.2, 0.25) is 0 Å². The van der Waals surface area contributed by atoms with Crippen molar-refractivity contribution in [1.29, 1.82) is 0 Å². The van der Waals surface area contributed by atoms with Gasteiger partial charge < -0.3 is 10.2 Å². The zero-order valence-corrected chi connectivity index (χ0v) is 18.2. The lowest BCUT2D eigenvalue weighted by Crippen LogP contribution is -2.37. The molecule has 4 heteroatoms. The molecule has 0 radical (unpaired) electrons. The van der Waals surface area contributed by atoms with Crippen LogP contribution in [0.5, 0.6) is 0 Å². The number of carbonyl (C=O) groups excluding carboxylic acids is 1. The van der Waals surface area contributed by atoms with Gasteiger partial charge in [-0.25, -0.2) is 4.79 Å². The number of carboxylic acid groups (broad SMARTS) is 1. The number of hydrogen-bond acceptors (Lipinski definition) is 3. The molecule has 28 heavy (non-hydrogen) atoms. The van der Waals surface area contributed by atoms with Crippen LogP contribution in [0, 0.1) is 17.3 Å². The maximum absolute atomic E-state index is 12.5. The predicted octanol–water partition coefficient (Wildman–Crippen LogP) is 5.70. The number of aliphatic hydroxyl groups is 1. The van der Waals surface area contributed by atoms with E-state index in [1.54, 1.807) is 13.0 Å². The molecule has 4 nitrogen and oxygen atoms in total. The third-order valence-electron chi connectivity index (χ3n) is 6.43. The van der Waals surface area contributed by atoms with Gasteiger partial charge in [-0.2, -0.15) is 0 Å². The van der Waals surface area contributed by atoms with Crippen molar-refractivity contribution in [3.63, 3.8) is 0 Å². The molecule has 0 saturated carbocycles. The van der Waals surface area contributed by atoms with E-state index in [4.69, 9.17) is 5.11 Å². The van der Waals surface area contributed by atoms with E-state index in [0.29, 0.717) is 12.3 Å². The Kier molecular flexibility index (Phi) is 10.2. The topological polar surface area (TPSA) is 74.6 Å². The van der Waals surface area contributed by atoms with E-state index in [2.05, 4.69) is 26.0 Å². The Morgan fingerprint density at radius 1 is 1.25 bits per heavy atom. The Hall–Kier alpha value is -1.42. The second kappa shape index (κ2) is 11.5. The molecule has 1 aliphatic rings. The van der Waals surface area contributed by atoms with Crippen molar-refractivity contribution in [1.82, 2.24) is 0 Å². The van der Waals surface area contributed by atoms with Gasteiger partial charge in [-0.1, -0.05) is 78.0 Å². The summed E-state index contributed by atoms with van der Waals surface area (Å²) in [4.78, 5) is 23.6. The van der Waals surface area contributed by atoms with E-state index in [1.807, 2.05) is 13.0 Å². The van der Waals surface area contributed by atoms with Gasteiger partial charge in [0.1, 0.15) is 0 Å². The highest BCUT2D eigenvalue weighted by Gasteiger charge is 2.40. The summed E-state index contributed by atoms with van der Waals surface area (Å²) in [6.45, 7) is 8.19. The summed E-state index contributed by atoms with van der Waals surface area (Å²) in [6.07, 6.45) is 16.8. The van der Waals surface area contributed by atoms with Crippen LogP contribution in [0.3, 0.4) is 0 Å². The molecule has 0 aromatic heterocycles. The number of carboxylic acids is 1. The van der Waals surface area contributed by atoms with Crippen LogP contribution < -0.4 is 0 Å². The monoisotopic (exact) mass is 392 g/mol. The van der Waals surface area contributed by atoms with Gasteiger partial charge in [-0.3, -0.25) is 4.79 Å². The van der Waals surface area contributed by atoms with Crippen molar-refractivity contribution in [2.45, 2.75) is 97.5 Å². The standard InChI is InChI=1S/C24H40O4/c1-5-7-9-12-19(3)13-14-20-15-16-21(25)23(20,4)17-10-8-11-18-24(28,6-2)22(26)27/h13-16,19-20,28H,5-12,17-18H2,1-4H3,(H,26,27)/t19?,20-,23+,24?/m0/s1. The number of aliphatic carboxylic acids is 1. The van der Waals surface area contributed by atoms with E-state index in [1.165, 1.54) is 25.7 Å². The Labute approximate surface area is 171 Å². The Morgan fingerprint density at radius 3 is 2.57 bits per heavy atom. The first-order valence-electron chi connectivity index (χ1n) is 11.1. The van der Waals surface area contributed by atoms with Crippen LogP contribution in [0.25, 0.3) is 0 Å². The van der Waals surface area contributed by atoms with Gasteiger partial charge in [0.2, 0.25) is 0 Å². The normalized spacial score (nSPS) is 25.3. The molecule has 2 N–H and O–H groups in total. The highest BCUT2D eigenvalue weighted by atomic mass is 16.4. The minimum Gasteiger partial charge on any atom is -0.479 e. The number of ketones is 1. The first-order chi connectivity index (χ1) is 13.2. The second-order valence-electron chi connectivity index (χ2n) is 8.78. The first-order valence-corrected chi connectivity index (χ1v) is 11.1. The Balaban J connectivity index is 2.50. The molecule has 0 spiro atoms. The lowest BCUT2D eigenvalue weighted by molar-refractivity contribution is -0.159. The number of hydrogen-bond donors (Lipinski definition) is 2. The number of allylic oxidation sites excluding steroid dienone is 4. The second-order valence-corrected chi connectivity index (χ2v) is 8.78. The smallest absolute Gasteiger partial charge is 0.335 e. The Bertz CT molecular complexity index is 565. The summed E-state index contributed by atoms with van der Waals surface area (Å²) in [6, 6.07) is 0. The molecule has 1 aliphatic carbocycles. The quantitative estimate of drug-likeness (QED) is 0.294. The van der Waals surface area contributed by atoms with Crippen molar-refractivity contribution in [2.24, 2.45) is 17.3 Å². The van der Waals surface area contributed by atoms with Crippen LogP contribution >= 0.6 is 0 Å². The van der Waals surface area contributed by atoms with Gasteiger partial charge >= 0.3 is 5.97 Å². The molecule has 0 heterocycles. The molecule has 2 unspecified atom stereocenters. The lowest BCUT2D eigenvalue weighted by atomic mass is 9.73. The van der Waals surface area contributed by atoms with Gasteiger partial charge in [0, 0.05) is 11.3 Å². The van der Waals surface area contributed by atoms with E-state index < -0.39 is 17.0 Å². The first kappa shape index (κ1) is 24.6. The molecule has 0 amide bonds. The molecule has 0 aromatic carbocycles. The summed E-state index contributed by atoms with van der Waals surface area (Å²) in [5.41, 5.74) is -2.01. The molecular formula is C24H40O4. The SMILES string of the molecule is CCCCCC(C)C=C[C@H]1C=CC(=O)[C@]1(C)CCCCCC(O)(CC)C(=O)O. The van der Waals surface area contributed by atoms with Crippen LogP contribution in [-0.4, -0.2) is 27.6 Å². The van der Waals surface area contributed by atoms with Crippen molar-refractivity contribution in [2.75, 3.05) is 0 Å². The van der Waals surface area contributed by atoms with Crippen LogP contribution in [0.1, 0.15) is 91.9 Å². The molecular weight excluding hydrogens is 352 g/mol. The molecule has 0 saturated heterocycles. The summed E-state index contributed by atoms with van der Waals surface area (Å²) < 4.78 is 0. The van der Waals surface area contributed by atoms with Crippen molar-refractivity contribution < 1.29 is 19.8 Å². The molecule has 1 rings (SSSR count). The largest absolute Gasteiger partial charge is 0.479 e. The molecule has 0 aromatic rings. The van der Waals surface area contributed by atoms with Gasteiger partial charge in [-0.15, -0.1) is 0 Å². The van der Waals surface area contributed by atoms with Gasteiger partial charge in [0.25, 0.3) is 0 Å². The zero-order valence-electron chi connectivity index (χ0n) is 18.2. The van der Waals surface area contributed by atoms with E-state index >= 15 is 0 Å². The summed E-state index contributed by atoms with van der Waals surface area (Å²) >= 11 is 0. The predicted molar refractivity (Wildman–Crippen MR) is 114 cm³/mol. The summed E-state index contributed by atoms with van der Waals surface area (Å²) in [5.74, 6) is -0.283. The van der Waals surface area contributed by atoms with Gasteiger partial charge in [0.05, 0.1) is 0 Å². The molecule has 160 valence electrons. The fraction of sp³-hybridized carbons (Fsp3) is 0.750. The maximum Gasteiger partial charge on any atom is 0.335 e.